The lowest BCUT2D eigenvalue weighted by atomic mass is 10.2. The predicted octanol–water partition coefficient (Wildman–Crippen LogP) is 4.25. The summed E-state index contributed by atoms with van der Waals surface area (Å²) in [5, 5.41) is 0. The summed E-state index contributed by atoms with van der Waals surface area (Å²) in [7, 11) is -1.22. The van der Waals surface area contributed by atoms with Gasteiger partial charge in [0.2, 0.25) is 0 Å². The van der Waals surface area contributed by atoms with Crippen molar-refractivity contribution >= 4 is 13.9 Å². The van der Waals surface area contributed by atoms with E-state index in [-0.39, 0.29) is 5.78 Å². The van der Waals surface area contributed by atoms with Gasteiger partial charge in [0.05, 0.1) is 8.07 Å². The second-order valence-corrected chi connectivity index (χ2v) is 11.9. The first-order chi connectivity index (χ1) is 9.31. The van der Waals surface area contributed by atoms with Gasteiger partial charge < -0.3 is 4.90 Å². The Morgan fingerprint density at radius 1 is 1.20 bits per heavy atom. The van der Waals surface area contributed by atoms with Gasteiger partial charge in [-0.1, -0.05) is 56.9 Å². The largest absolute Gasteiger partial charge is 0.374 e. The van der Waals surface area contributed by atoms with Crippen LogP contribution < -0.4 is 0 Å². The van der Waals surface area contributed by atoms with Crippen LogP contribution in [0.25, 0.3) is 0 Å². The summed E-state index contributed by atoms with van der Waals surface area (Å²) in [4.78, 5) is 14.0. The fourth-order valence-electron chi connectivity index (χ4n) is 2.11. The van der Waals surface area contributed by atoms with Crippen LogP contribution in [0.15, 0.2) is 42.1 Å². The highest BCUT2D eigenvalue weighted by Crippen LogP contribution is 2.15. The van der Waals surface area contributed by atoms with Gasteiger partial charge in [-0.3, -0.25) is 4.79 Å². The van der Waals surface area contributed by atoms with Crippen LogP contribution in [-0.4, -0.2) is 24.9 Å². The van der Waals surface area contributed by atoms with E-state index in [0.29, 0.717) is 6.42 Å². The highest BCUT2D eigenvalue weighted by atomic mass is 28.3. The Labute approximate surface area is 124 Å². The lowest BCUT2D eigenvalue weighted by molar-refractivity contribution is -0.114. The van der Waals surface area contributed by atoms with Crippen molar-refractivity contribution in [1.82, 2.24) is 4.90 Å². The van der Waals surface area contributed by atoms with E-state index in [1.165, 1.54) is 5.56 Å². The molecule has 0 bridgehead atoms. The van der Waals surface area contributed by atoms with Gasteiger partial charge >= 0.3 is 0 Å². The normalized spacial score (nSPS) is 12.3. The van der Waals surface area contributed by atoms with Gasteiger partial charge in [-0.15, -0.1) is 0 Å². The molecule has 0 atom stereocenters. The fraction of sp³-hybridized carbons (Fsp3) is 0.471. The van der Waals surface area contributed by atoms with Crippen LogP contribution in [0, 0.1) is 0 Å². The van der Waals surface area contributed by atoms with E-state index in [2.05, 4.69) is 55.7 Å². The van der Waals surface area contributed by atoms with Crippen molar-refractivity contribution in [3.8, 4) is 0 Å². The molecule has 0 unspecified atom stereocenters. The average Bonchev–Trinajstić information content (AvgIpc) is 2.37. The molecule has 0 aliphatic carbocycles. The topological polar surface area (TPSA) is 20.3 Å². The van der Waals surface area contributed by atoms with E-state index in [4.69, 9.17) is 0 Å². The quantitative estimate of drug-likeness (QED) is 0.552. The smallest absolute Gasteiger partial charge is 0.157 e. The molecule has 0 aliphatic rings. The van der Waals surface area contributed by atoms with Gasteiger partial charge in [-0.25, -0.2) is 0 Å². The minimum atomic E-state index is -1.22. The predicted molar refractivity (Wildman–Crippen MR) is 89.3 cm³/mol. The molecular weight excluding hydrogens is 262 g/mol. The molecule has 20 heavy (non-hydrogen) atoms. The Balaban J connectivity index is 2.91. The zero-order valence-corrected chi connectivity index (χ0v) is 14.4. The van der Waals surface area contributed by atoms with Crippen LogP contribution in [0.1, 0.15) is 25.8 Å². The molecule has 0 aliphatic heterocycles. The summed E-state index contributed by atoms with van der Waals surface area (Å²) in [5.41, 5.74) is 2.38. The lowest BCUT2D eigenvalue weighted by Crippen LogP contribution is -2.39. The van der Waals surface area contributed by atoms with Crippen LogP contribution in [-0.2, 0) is 11.3 Å². The van der Waals surface area contributed by atoms with Gasteiger partial charge in [0.1, 0.15) is 0 Å². The maximum atomic E-state index is 11.7. The summed E-state index contributed by atoms with van der Waals surface area (Å²) >= 11 is 0. The van der Waals surface area contributed by atoms with Crippen molar-refractivity contribution in [3.05, 3.63) is 47.7 Å². The van der Waals surface area contributed by atoms with E-state index >= 15 is 0 Å². The Morgan fingerprint density at radius 2 is 1.80 bits per heavy atom. The molecule has 1 aromatic carbocycles. The molecule has 0 saturated heterocycles. The molecule has 0 amide bonds. The first-order valence-corrected chi connectivity index (χ1v) is 11.0. The van der Waals surface area contributed by atoms with Crippen molar-refractivity contribution in [2.24, 2.45) is 0 Å². The number of carbonyl (C=O) groups is 1. The number of hydrogen-bond acceptors (Lipinski definition) is 2. The van der Waals surface area contributed by atoms with Crippen LogP contribution in [0.3, 0.4) is 0 Å². The van der Waals surface area contributed by atoms with E-state index in [9.17, 15) is 4.79 Å². The Morgan fingerprint density at radius 3 is 2.30 bits per heavy atom. The van der Waals surface area contributed by atoms with Gasteiger partial charge in [0.25, 0.3) is 0 Å². The zero-order valence-electron chi connectivity index (χ0n) is 13.4. The maximum Gasteiger partial charge on any atom is 0.157 e. The number of ketones is 1. The molecule has 0 spiro atoms. The highest BCUT2D eigenvalue weighted by molar-refractivity contribution is 6.76. The van der Waals surface area contributed by atoms with Gasteiger partial charge in [0, 0.05) is 24.8 Å². The number of nitrogens with zero attached hydrogens (tertiary/aromatic N) is 1. The van der Waals surface area contributed by atoms with Crippen LogP contribution in [0.4, 0.5) is 0 Å². The Bertz CT molecular complexity index is 460. The van der Waals surface area contributed by atoms with Gasteiger partial charge in [-0.2, -0.15) is 0 Å². The van der Waals surface area contributed by atoms with Crippen LogP contribution in [0.5, 0.6) is 0 Å². The highest BCUT2D eigenvalue weighted by Gasteiger charge is 2.19. The van der Waals surface area contributed by atoms with E-state index in [0.717, 1.165) is 18.4 Å². The first kappa shape index (κ1) is 16.7. The summed E-state index contributed by atoms with van der Waals surface area (Å²) in [6, 6.07) is 10.5. The second kappa shape index (κ2) is 7.43. The van der Waals surface area contributed by atoms with E-state index < -0.39 is 8.07 Å². The summed E-state index contributed by atoms with van der Waals surface area (Å²) in [6.45, 7) is 11.9. The number of rotatable bonds is 7. The Kier molecular flexibility index (Phi) is 6.21. The molecular formula is C17H27NOSi. The average molecular weight is 289 g/mol. The molecule has 0 fully saturated rings. The SMILES string of the molecule is CCC(=O)/C=C(\C)N(Cc1ccccc1)C[Si](C)(C)C. The summed E-state index contributed by atoms with van der Waals surface area (Å²) < 4.78 is 0. The first-order valence-electron chi connectivity index (χ1n) is 7.32. The molecule has 0 N–H and O–H groups in total. The third-order valence-corrected chi connectivity index (χ3v) is 4.43. The number of allylic oxidation sites excluding steroid dienone is 2. The van der Waals surface area contributed by atoms with Gasteiger partial charge in [0.15, 0.2) is 5.78 Å². The standard InChI is InChI=1S/C17H27NOSi/c1-6-17(19)12-15(2)18(14-20(3,4)5)13-16-10-8-7-9-11-16/h7-12H,6,13-14H2,1-5H3/b15-12+. The molecule has 1 rings (SSSR count). The van der Waals surface area contributed by atoms with Crippen molar-refractivity contribution in [3.63, 3.8) is 0 Å². The molecule has 0 radical (unpaired) electrons. The second-order valence-electron chi connectivity index (χ2n) is 6.51. The Hall–Kier alpha value is -1.35. The summed E-state index contributed by atoms with van der Waals surface area (Å²) in [6.07, 6.45) is 3.44. The van der Waals surface area contributed by atoms with Crippen molar-refractivity contribution in [2.75, 3.05) is 6.17 Å². The lowest BCUT2D eigenvalue weighted by Gasteiger charge is -2.31. The monoisotopic (exact) mass is 289 g/mol. The maximum absolute atomic E-state index is 11.7. The number of benzene rings is 1. The fourth-order valence-corrected chi connectivity index (χ4v) is 3.61. The van der Waals surface area contributed by atoms with Crippen LogP contribution >= 0.6 is 0 Å². The number of hydrogen-bond donors (Lipinski definition) is 0. The zero-order chi connectivity index (χ0) is 15.2. The third-order valence-electron chi connectivity index (χ3n) is 3.10. The van der Waals surface area contributed by atoms with E-state index in [1.807, 2.05) is 13.0 Å². The molecule has 110 valence electrons. The van der Waals surface area contributed by atoms with Crippen molar-refractivity contribution in [2.45, 2.75) is 46.5 Å². The van der Waals surface area contributed by atoms with Crippen molar-refractivity contribution in [1.29, 1.82) is 0 Å². The third kappa shape index (κ3) is 6.20. The molecule has 2 nitrogen and oxygen atoms in total. The minimum Gasteiger partial charge on any atom is -0.374 e. The minimum absolute atomic E-state index is 0.205. The van der Waals surface area contributed by atoms with Crippen molar-refractivity contribution < 1.29 is 4.79 Å². The molecule has 0 aromatic heterocycles. The molecule has 3 heteroatoms. The number of carbonyl (C=O) groups excluding carboxylic acids is 1. The van der Waals surface area contributed by atoms with Gasteiger partial charge in [-0.05, 0) is 18.6 Å². The molecule has 0 heterocycles. The molecule has 0 saturated carbocycles. The summed E-state index contributed by atoms with van der Waals surface area (Å²) in [5.74, 6) is 0.205. The van der Waals surface area contributed by atoms with E-state index in [1.54, 1.807) is 6.08 Å². The van der Waals surface area contributed by atoms with Crippen LogP contribution in [0.2, 0.25) is 19.6 Å². The molecule has 1 aromatic rings.